The summed E-state index contributed by atoms with van der Waals surface area (Å²) in [6.45, 7) is 8.09. The Bertz CT molecular complexity index is 1150. The summed E-state index contributed by atoms with van der Waals surface area (Å²) in [7, 11) is -3.58. The zero-order valence-corrected chi connectivity index (χ0v) is 20.3. The van der Waals surface area contributed by atoms with Gasteiger partial charge in [0.2, 0.25) is 10.0 Å². The maximum atomic E-state index is 13.1. The van der Waals surface area contributed by atoms with Crippen molar-refractivity contribution in [3.63, 3.8) is 0 Å². The summed E-state index contributed by atoms with van der Waals surface area (Å²) in [6.07, 6.45) is 3.60. The molecular formula is C25H32N2O4S. The summed E-state index contributed by atoms with van der Waals surface area (Å²) in [6, 6.07) is 11.7. The number of fused-ring (bicyclic) bond motifs is 2. The Morgan fingerprint density at radius 3 is 2.53 bits per heavy atom. The van der Waals surface area contributed by atoms with Crippen molar-refractivity contribution in [2.45, 2.75) is 64.5 Å². The number of nitrogens with zero attached hydrogens (tertiary/aromatic N) is 1. The van der Waals surface area contributed by atoms with Gasteiger partial charge in [-0.05, 0) is 66.0 Å². The fraction of sp³-hybridized carbons (Fsp3) is 0.480. The van der Waals surface area contributed by atoms with Gasteiger partial charge in [0.15, 0.2) is 6.10 Å². The van der Waals surface area contributed by atoms with E-state index >= 15 is 0 Å². The van der Waals surface area contributed by atoms with Gasteiger partial charge in [-0.25, -0.2) is 8.42 Å². The van der Waals surface area contributed by atoms with Gasteiger partial charge < -0.3 is 10.1 Å². The molecule has 0 bridgehead atoms. The highest BCUT2D eigenvalue weighted by Gasteiger charge is 2.36. The van der Waals surface area contributed by atoms with Gasteiger partial charge in [0.05, 0.1) is 24.5 Å². The van der Waals surface area contributed by atoms with Gasteiger partial charge >= 0.3 is 0 Å². The summed E-state index contributed by atoms with van der Waals surface area (Å²) >= 11 is 0. The summed E-state index contributed by atoms with van der Waals surface area (Å²) in [5, 5.41) is 3.01. The topological polar surface area (TPSA) is 75.7 Å². The van der Waals surface area contributed by atoms with Crippen LogP contribution in [0, 0.1) is 0 Å². The molecule has 1 heterocycles. The average molecular weight is 457 g/mol. The van der Waals surface area contributed by atoms with Crippen molar-refractivity contribution in [1.82, 2.24) is 5.32 Å². The number of ether oxygens (including phenoxy) is 1. The molecule has 1 aliphatic carbocycles. The molecule has 0 unspecified atom stereocenters. The van der Waals surface area contributed by atoms with E-state index in [4.69, 9.17) is 4.74 Å². The number of aryl methyl sites for hydroxylation is 2. The highest BCUT2D eigenvalue weighted by molar-refractivity contribution is 7.92. The smallest absolute Gasteiger partial charge is 0.263 e. The fourth-order valence-electron chi connectivity index (χ4n) is 4.42. The van der Waals surface area contributed by atoms with Crippen molar-refractivity contribution in [1.29, 1.82) is 0 Å². The minimum Gasteiger partial charge on any atom is -0.476 e. The molecule has 7 heteroatoms. The van der Waals surface area contributed by atoms with E-state index in [1.165, 1.54) is 21.9 Å². The summed E-state index contributed by atoms with van der Waals surface area (Å²) in [5.41, 5.74) is 5.13. The first kappa shape index (κ1) is 22.6. The largest absolute Gasteiger partial charge is 0.476 e. The molecule has 0 saturated carbocycles. The van der Waals surface area contributed by atoms with E-state index in [-0.39, 0.29) is 23.9 Å². The minimum absolute atomic E-state index is 0.0534. The lowest BCUT2D eigenvalue weighted by Gasteiger charge is -2.35. The molecule has 4 rings (SSSR count). The van der Waals surface area contributed by atoms with Gasteiger partial charge in [0.25, 0.3) is 5.91 Å². The normalized spacial score (nSPS) is 19.0. The van der Waals surface area contributed by atoms with Crippen molar-refractivity contribution in [3.05, 3.63) is 58.7 Å². The lowest BCUT2D eigenvalue weighted by Crippen LogP contribution is -2.50. The van der Waals surface area contributed by atoms with Crippen LogP contribution in [0.25, 0.3) is 0 Å². The van der Waals surface area contributed by atoms with Crippen LogP contribution >= 0.6 is 0 Å². The SMILES string of the molecule is C[C@@H](NC(=O)[C@@H]1CN(S(C)(=O)=O)c2cc(C(C)(C)C)ccc2O1)c1ccc2c(c1)CCC2. The molecule has 0 aromatic heterocycles. The van der Waals surface area contributed by atoms with Crippen molar-refractivity contribution in [3.8, 4) is 5.75 Å². The molecule has 1 amide bonds. The number of hydrogen-bond acceptors (Lipinski definition) is 4. The van der Waals surface area contributed by atoms with Crippen molar-refractivity contribution >= 4 is 21.6 Å². The van der Waals surface area contributed by atoms with Crippen LogP contribution in [0.2, 0.25) is 0 Å². The van der Waals surface area contributed by atoms with Crippen LogP contribution in [0.1, 0.15) is 62.4 Å². The van der Waals surface area contributed by atoms with Gasteiger partial charge in [-0.1, -0.05) is 45.0 Å². The Morgan fingerprint density at radius 1 is 1.12 bits per heavy atom. The molecular weight excluding hydrogens is 424 g/mol. The van der Waals surface area contributed by atoms with Crippen LogP contribution in [-0.2, 0) is 33.1 Å². The molecule has 2 aromatic carbocycles. The molecule has 0 saturated heterocycles. The molecule has 172 valence electrons. The number of anilines is 1. The number of rotatable bonds is 4. The van der Waals surface area contributed by atoms with Crippen LogP contribution in [0.3, 0.4) is 0 Å². The first-order valence-electron chi connectivity index (χ1n) is 11.1. The highest BCUT2D eigenvalue weighted by atomic mass is 32.2. The molecule has 1 N–H and O–H groups in total. The molecule has 0 fully saturated rings. The van der Waals surface area contributed by atoms with E-state index in [1.807, 2.05) is 19.1 Å². The average Bonchev–Trinajstić information content (AvgIpc) is 3.18. The zero-order valence-electron chi connectivity index (χ0n) is 19.4. The molecule has 0 spiro atoms. The Hall–Kier alpha value is -2.54. The Kier molecular flexibility index (Phi) is 5.74. The minimum atomic E-state index is -3.58. The highest BCUT2D eigenvalue weighted by Crippen LogP contribution is 2.38. The number of carbonyl (C=O) groups excluding carboxylic acids is 1. The molecule has 2 aliphatic rings. The van der Waals surface area contributed by atoms with Crippen LogP contribution in [0.15, 0.2) is 36.4 Å². The number of benzene rings is 2. The predicted molar refractivity (Wildman–Crippen MR) is 127 cm³/mol. The van der Waals surface area contributed by atoms with Crippen LogP contribution < -0.4 is 14.4 Å². The molecule has 2 atom stereocenters. The Labute approximate surface area is 191 Å². The third-order valence-corrected chi connectivity index (χ3v) is 7.52. The molecule has 6 nitrogen and oxygen atoms in total. The Balaban J connectivity index is 1.56. The van der Waals surface area contributed by atoms with Gasteiger partial charge in [0.1, 0.15) is 5.75 Å². The number of amides is 1. The molecule has 32 heavy (non-hydrogen) atoms. The van der Waals surface area contributed by atoms with E-state index < -0.39 is 16.1 Å². The Morgan fingerprint density at radius 2 is 1.84 bits per heavy atom. The molecule has 1 aliphatic heterocycles. The first-order chi connectivity index (χ1) is 14.9. The third-order valence-electron chi connectivity index (χ3n) is 6.37. The van der Waals surface area contributed by atoms with Crippen molar-refractivity contribution in [2.75, 3.05) is 17.1 Å². The number of hydrogen-bond donors (Lipinski definition) is 1. The van der Waals surface area contributed by atoms with Crippen LogP contribution in [0.5, 0.6) is 5.75 Å². The number of sulfonamides is 1. The standard InChI is InChI=1S/C25H32N2O4S/c1-16(18-10-9-17-7-6-8-19(17)13-18)26-24(28)23-15-27(32(5,29)30)21-14-20(25(2,3)4)11-12-22(21)31-23/h9-14,16,23H,6-8,15H2,1-5H3,(H,26,28)/t16-,23+/m1/s1. The van der Waals surface area contributed by atoms with Gasteiger partial charge in [-0.2, -0.15) is 0 Å². The second kappa shape index (κ2) is 8.10. The molecule has 0 radical (unpaired) electrons. The van der Waals surface area contributed by atoms with Crippen molar-refractivity contribution < 1.29 is 17.9 Å². The summed E-state index contributed by atoms with van der Waals surface area (Å²) < 4.78 is 32.4. The second-order valence-electron chi connectivity index (χ2n) is 9.95. The first-order valence-corrected chi connectivity index (χ1v) is 13.0. The fourth-order valence-corrected chi connectivity index (χ4v) is 5.33. The van der Waals surface area contributed by atoms with E-state index in [0.717, 1.165) is 30.2 Å². The van der Waals surface area contributed by atoms with E-state index in [1.54, 1.807) is 6.07 Å². The molecule has 2 aromatic rings. The summed E-state index contributed by atoms with van der Waals surface area (Å²) in [4.78, 5) is 13.1. The third kappa shape index (κ3) is 4.49. The maximum Gasteiger partial charge on any atom is 0.263 e. The quantitative estimate of drug-likeness (QED) is 0.758. The van der Waals surface area contributed by atoms with Gasteiger partial charge in [-0.3, -0.25) is 9.10 Å². The predicted octanol–water partition coefficient (Wildman–Crippen LogP) is 3.88. The maximum absolute atomic E-state index is 13.1. The van der Waals surface area contributed by atoms with E-state index in [9.17, 15) is 13.2 Å². The van der Waals surface area contributed by atoms with Gasteiger partial charge in [-0.15, -0.1) is 0 Å². The second-order valence-corrected chi connectivity index (χ2v) is 11.9. The van der Waals surface area contributed by atoms with E-state index in [0.29, 0.717) is 11.4 Å². The van der Waals surface area contributed by atoms with E-state index in [2.05, 4.69) is 44.3 Å². The number of carbonyl (C=O) groups is 1. The van der Waals surface area contributed by atoms with Crippen molar-refractivity contribution in [2.24, 2.45) is 0 Å². The van der Waals surface area contributed by atoms with Crippen LogP contribution in [0.4, 0.5) is 5.69 Å². The summed E-state index contributed by atoms with van der Waals surface area (Å²) in [5.74, 6) is 0.0807. The van der Waals surface area contributed by atoms with Crippen LogP contribution in [-0.4, -0.2) is 33.2 Å². The number of nitrogens with one attached hydrogen (secondary N) is 1. The zero-order chi connectivity index (χ0) is 23.3. The monoisotopic (exact) mass is 456 g/mol. The lowest BCUT2D eigenvalue weighted by atomic mass is 9.86. The van der Waals surface area contributed by atoms with Gasteiger partial charge in [0, 0.05) is 0 Å². The lowest BCUT2D eigenvalue weighted by molar-refractivity contribution is -0.128.